The van der Waals surface area contributed by atoms with Crippen LogP contribution in [-0.2, 0) is 17.1 Å². The van der Waals surface area contributed by atoms with Crippen LogP contribution in [0, 0.1) is 12.8 Å². The molecule has 1 aliphatic rings. The molecule has 1 atom stereocenters. The predicted octanol–water partition coefficient (Wildman–Crippen LogP) is 4.26. The Balaban J connectivity index is 1.48. The molecule has 4 rings (SSSR count). The number of aryl methyl sites for hydroxylation is 2. The zero-order valence-corrected chi connectivity index (χ0v) is 18.3. The van der Waals surface area contributed by atoms with Gasteiger partial charge >= 0.3 is 0 Å². The number of hydrogen-bond donors (Lipinski definition) is 1. The first-order chi connectivity index (χ1) is 14.6. The first kappa shape index (κ1) is 21.9. The van der Waals surface area contributed by atoms with Crippen molar-refractivity contribution in [3.05, 3.63) is 65.9 Å². The average molecular weight is 449 g/mol. The highest BCUT2D eigenvalue weighted by molar-refractivity contribution is 7.89. The molecule has 1 aromatic heterocycles. The maximum atomic E-state index is 15.2. The molecule has 2 aromatic carbocycles. The quantitative estimate of drug-likeness (QED) is 0.635. The minimum Gasteiger partial charge on any atom is -0.382 e. The van der Waals surface area contributed by atoms with Gasteiger partial charge in [0.05, 0.1) is 4.90 Å². The normalized spacial score (nSPS) is 17.8. The molecule has 5 nitrogen and oxygen atoms in total. The van der Waals surface area contributed by atoms with E-state index in [9.17, 15) is 13.5 Å². The van der Waals surface area contributed by atoms with E-state index >= 15 is 8.78 Å². The van der Waals surface area contributed by atoms with Crippen LogP contribution in [0.4, 0.5) is 8.78 Å². The van der Waals surface area contributed by atoms with Crippen LogP contribution in [0.1, 0.15) is 30.1 Å². The summed E-state index contributed by atoms with van der Waals surface area (Å²) in [5.74, 6) is -4.46. The Kier molecular flexibility index (Phi) is 5.66. The monoisotopic (exact) mass is 448 g/mol. The predicted molar refractivity (Wildman–Crippen MR) is 115 cm³/mol. The highest BCUT2D eigenvalue weighted by atomic mass is 32.2. The van der Waals surface area contributed by atoms with Gasteiger partial charge in [-0.1, -0.05) is 23.8 Å². The molecule has 3 aromatic rings. The second-order valence-corrected chi connectivity index (χ2v) is 10.3. The van der Waals surface area contributed by atoms with Crippen molar-refractivity contribution in [2.75, 3.05) is 13.1 Å². The van der Waals surface area contributed by atoms with E-state index in [-0.39, 0.29) is 36.4 Å². The molecule has 0 bridgehead atoms. The van der Waals surface area contributed by atoms with Crippen LogP contribution in [-0.4, -0.2) is 41.4 Å². The Morgan fingerprint density at radius 2 is 1.71 bits per heavy atom. The van der Waals surface area contributed by atoms with Gasteiger partial charge in [-0.2, -0.15) is 4.31 Å². The first-order valence-electron chi connectivity index (χ1n) is 10.3. The minimum atomic E-state index is -3.72. The van der Waals surface area contributed by atoms with Crippen molar-refractivity contribution in [1.29, 1.82) is 0 Å². The Hall–Kier alpha value is -2.29. The molecule has 166 valence electrons. The summed E-state index contributed by atoms with van der Waals surface area (Å²) in [7, 11) is -1.85. The van der Waals surface area contributed by atoms with Crippen LogP contribution in [0.2, 0.25) is 0 Å². The zero-order chi connectivity index (χ0) is 22.4. The fraction of sp³-hybridized carbons (Fsp3) is 0.391. The van der Waals surface area contributed by atoms with E-state index in [1.165, 1.54) is 22.5 Å². The molecule has 0 aliphatic carbocycles. The summed E-state index contributed by atoms with van der Waals surface area (Å²) >= 11 is 0. The van der Waals surface area contributed by atoms with Gasteiger partial charge in [-0.05, 0) is 61.0 Å². The Bertz CT molecular complexity index is 1180. The molecule has 8 heteroatoms. The van der Waals surface area contributed by atoms with Gasteiger partial charge in [0.25, 0.3) is 5.92 Å². The maximum Gasteiger partial charge on any atom is 0.280 e. The fourth-order valence-corrected chi connectivity index (χ4v) is 5.73. The molecule has 2 heterocycles. The summed E-state index contributed by atoms with van der Waals surface area (Å²) < 4.78 is 59.1. The van der Waals surface area contributed by atoms with Crippen LogP contribution in [0.15, 0.2) is 59.6 Å². The van der Waals surface area contributed by atoms with Crippen molar-refractivity contribution in [3.8, 4) is 0 Å². The summed E-state index contributed by atoms with van der Waals surface area (Å²) in [6.45, 7) is 1.87. The third-order valence-electron chi connectivity index (χ3n) is 6.25. The van der Waals surface area contributed by atoms with Crippen molar-refractivity contribution < 1.29 is 22.3 Å². The molecule has 1 unspecified atom stereocenters. The number of piperidine rings is 1. The van der Waals surface area contributed by atoms with Gasteiger partial charge in [0.2, 0.25) is 10.0 Å². The molecule has 31 heavy (non-hydrogen) atoms. The van der Waals surface area contributed by atoms with Crippen LogP contribution >= 0.6 is 0 Å². The van der Waals surface area contributed by atoms with Crippen LogP contribution < -0.4 is 0 Å². The molecular weight excluding hydrogens is 422 g/mol. The van der Waals surface area contributed by atoms with E-state index in [1.807, 2.05) is 30.8 Å². The van der Waals surface area contributed by atoms with Crippen molar-refractivity contribution in [1.82, 2.24) is 8.87 Å². The first-order valence-corrected chi connectivity index (χ1v) is 11.7. The van der Waals surface area contributed by atoms with E-state index < -0.39 is 28.0 Å². The van der Waals surface area contributed by atoms with Gasteiger partial charge in [-0.25, -0.2) is 17.2 Å². The Morgan fingerprint density at radius 1 is 1.06 bits per heavy atom. The van der Waals surface area contributed by atoms with Gasteiger partial charge < -0.3 is 9.67 Å². The third kappa shape index (κ3) is 4.00. The van der Waals surface area contributed by atoms with E-state index in [4.69, 9.17) is 0 Å². The Morgan fingerprint density at radius 3 is 2.35 bits per heavy atom. The summed E-state index contributed by atoms with van der Waals surface area (Å²) in [4.78, 5) is 0.166. The lowest BCUT2D eigenvalue weighted by Gasteiger charge is -2.37. The number of hydrogen-bond acceptors (Lipinski definition) is 3. The van der Waals surface area contributed by atoms with Gasteiger partial charge in [0.1, 0.15) is 6.10 Å². The molecule has 0 spiro atoms. The lowest BCUT2D eigenvalue weighted by atomic mass is 9.85. The smallest absolute Gasteiger partial charge is 0.280 e. The molecular formula is C23H26F2N2O3S. The van der Waals surface area contributed by atoms with Crippen LogP contribution in [0.5, 0.6) is 0 Å². The maximum absolute atomic E-state index is 15.2. The van der Waals surface area contributed by atoms with E-state index in [0.29, 0.717) is 0 Å². The number of rotatable bonds is 5. The lowest BCUT2D eigenvalue weighted by molar-refractivity contribution is -0.158. The molecule has 1 aliphatic heterocycles. The fourth-order valence-electron chi connectivity index (χ4n) is 4.26. The number of aliphatic hydroxyl groups excluding tert-OH is 1. The van der Waals surface area contributed by atoms with E-state index in [2.05, 4.69) is 0 Å². The third-order valence-corrected chi connectivity index (χ3v) is 8.16. The van der Waals surface area contributed by atoms with E-state index in [0.717, 1.165) is 16.5 Å². The summed E-state index contributed by atoms with van der Waals surface area (Å²) in [6, 6.07) is 13.2. The van der Waals surface area contributed by atoms with E-state index in [1.54, 1.807) is 24.3 Å². The van der Waals surface area contributed by atoms with Crippen LogP contribution in [0.25, 0.3) is 10.9 Å². The summed E-state index contributed by atoms with van der Waals surface area (Å²) in [6.07, 6.45) is -0.128. The van der Waals surface area contributed by atoms with Gasteiger partial charge in [0, 0.05) is 37.8 Å². The Labute approximate surface area is 181 Å². The largest absolute Gasteiger partial charge is 0.382 e. The standard InChI is InChI=1S/C23H26F2N2O3S/c1-16-3-6-20(7-4-16)31(29,30)27-13-10-19(11-14-27)23(24,25)22(28)18-5-8-21-17(15-18)9-12-26(21)2/h3-9,12,15,19,22,28H,10-11,13-14H2,1-2H3. The molecule has 1 fully saturated rings. The highest BCUT2D eigenvalue weighted by Crippen LogP contribution is 2.43. The number of fused-ring (bicyclic) bond motifs is 1. The number of aliphatic hydroxyl groups is 1. The molecule has 0 saturated carbocycles. The van der Waals surface area contributed by atoms with Gasteiger partial charge in [-0.3, -0.25) is 0 Å². The number of sulfonamides is 1. The second-order valence-electron chi connectivity index (χ2n) is 8.31. The van der Waals surface area contributed by atoms with Crippen LogP contribution in [0.3, 0.4) is 0 Å². The molecule has 1 saturated heterocycles. The second kappa shape index (κ2) is 8.00. The number of aromatic nitrogens is 1. The SMILES string of the molecule is Cc1ccc(S(=O)(=O)N2CCC(C(F)(F)C(O)c3ccc4c(ccn4C)c3)CC2)cc1. The number of benzene rings is 2. The van der Waals surface area contributed by atoms with Gasteiger partial charge in [-0.15, -0.1) is 0 Å². The van der Waals surface area contributed by atoms with Crippen molar-refractivity contribution >= 4 is 20.9 Å². The number of halogens is 2. The topological polar surface area (TPSA) is 62.5 Å². The average Bonchev–Trinajstić information content (AvgIpc) is 3.13. The van der Waals surface area contributed by atoms with Crippen molar-refractivity contribution in [2.45, 2.75) is 36.7 Å². The number of alkyl halides is 2. The minimum absolute atomic E-state index is 0.000900. The molecule has 0 radical (unpaired) electrons. The molecule has 1 N–H and O–H groups in total. The van der Waals surface area contributed by atoms with Crippen molar-refractivity contribution in [3.63, 3.8) is 0 Å². The zero-order valence-electron chi connectivity index (χ0n) is 17.5. The summed E-state index contributed by atoms with van der Waals surface area (Å²) in [5, 5.41) is 11.3. The van der Waals surface area contributed by atoms with Gasteiger partial charge in [0.15, 0.2) is 0 Å². The lowest BCUT2D eigenvalue weighted by Crippen LogP contribution is -2.45. The number of nitrogens with zero attached hydrogens (tertiary/aromatic N) is 2. The van der Waals surface area contributed by atoms with Crippen molar-refractivity contribution in [2.24, 2.45) is 13.0 Å². The highest BCUT2D eigenvalue weighted by Gasteiger charge is 2.48. The molecule has 0 amide bonds. The summed E-state index contributed by atoms with van der Waals surface area (Å²) in [5.41, 5.74) is 2.01.